The number of aliphatic hydroxyl groups is 1. The van der Waals surface area contributed by atoms with E-state index in [4.69, 9.17) is 9.84 Å². The second-order valence-electron chi connectivity index (χ2n) is 11.1. The van der Waals surface area contributed by atoms with Gasteiger partial charge in [0.1, 0.15) is 17.2 Å². The number of benzene rings is 2. The monoisotopic (exact) mass is 539 g/mol. The topological polar surface area (TPSA) is 117 Å². The predicted octanol–water partition coefficient (Wildman–Crippen LogP) is 4.30. The standard InChI is InChI=1S/C31H45N3O5/c1-30(2,3)39-29(38)33-26(22-24-16-10-8-11-17-24)27(36)34-31(4,23-25-18-12-9-13-19-25)28(37)32-20-14-6-5-7-15-21-35/h8-13,16-19,26,35H,5-7,14-15,20-23H2,1-4H3,(H,32,37)(H,33,38)(H,34,36)/t26-,31?/m0/s1. The van der Waals surface area contributed by atoms with Crippen molar-refractivity contribution in [1.29, 1.82) is 0 Å². The van der Waals surface area contributed by atoms with Gasteiger partial charge in [-0.3, -0.25) is 9.59 Å². The number of ether oxygens (including phenoxy) is 1. The van der Waals surface area contributed by atoms with Gasteiger partial charge in [-0.05, 0) is 51.7 Å². The molecule has 0 saturated heterocycles. The van der Waals surface area contributed by atoms with Gasteiger partial charge in [0.2, 0.25) is 11.8 Å². The molecule has 0 aromatic heterocycles. The van der Waals surface area contributed by atoms with E-state index in [-0.39, 0.29) is 25.4 Å². The Kier molecular flexibility index (Phi) is 13.0. The fourth-order valence-electron chi connectivity index (χ4n) is 4.22. The Labute approximate surface area is 232 Å². The van der Waals surface area contributed by atoms with Crippen LogP contribution >= 0.6 is 0 Å². The number of hydrogen-bond donors (Lipinski definition) is 4. The normalized spacial score (nSPS) is 13.6. The molecule has 2 rings (SSSR count). The highest BCUT2D eigenvalue weighted by atomic mass is 16.6. The largest absolute Gasteiger partial charge is 0.444 e. The molecule has 8 heteroatoms. The average molecular weight is 540 g/mol. The van der Waals surface area contributed by atoms with Crippen molar-refractivity contribution in [3.63, 3.8) is 0 Å². The Hall–Kier alpha value is -3.39. The molecular formula is C31H45N3O5. The second kappa shape index (κ2) is 15.9. The van der Waals surface area contributed by atoms with Crippen LogP contribution in [0.4, 0.5) is 4.79 Å². The third-order valence-electron chi connectivity index (χ3n) is 6.21. The van der Waals surface area contributed by atoms with E-state index >= 15 is 0 Å². The van der Waals surface area contributed by atoms with Gasteiger partial charge in [-0.15, -0.1) is 0 Å². The van der Waals surface area contributed by atoms with E-state index in [0.29, 0.717) is 6.54 Å². The maximum atomic E-state index is 13.7. The second-order valence-corrected chi connectivity index (χ2v) is 11.1. The number of carbonyl (C=O) groups is 3. The van der Waals surface area contributed by atoms with Gasteiger partial charge in [-0.2, -0.15) is 0 Å². The smallest absolute Gasteiger partial charge is 0.408 e. The van der Waals surface area contributed by atoms with Crippen LogP contribution in [0.3, 0.4) is 0 Å². The minimum Gasteiger partial charge on any atom is -0.444 e. The highest BCUT2D eigenvalue weighted by molar-refractivity contribution is 5.94. The summed E-state index contributed by atoms with van der Waals surface area (Å²) < 4.78 is 5.41. The molecule has 0 fully saturated rings. The Balaban J connectivity index is 2.18. The maximum Gasteiger partial charge on any atom is 0.408 e. The van der Waals surface area contributed by atoms with Gasteiger partial charge >= 0.3 is 6.09 Å². The van der Waals surface area contributed by atoms with Crippen molar-refractivity contribution < 1.29 is 24.2 Å². The first-order valence-electron chi connectivity index (χ1n) is 13.8. The number of nitrogens with one attached hydrogen (secondary N) is 3. The van der Waals surface area contributed by atoms with E-state index in [2.05, 4.69) is 16.0 Å². The van der Waals surface area contributed by atoms with Gasteiger partial charge in [-0.1, -0.05) is 79.9 Å². The molecule has 214 valence electrons. The summed E-state index contributed by atoms with van der Waals surface area (Å²) in [6, 6.07) is 18.0. The molecule has 0 saturated carbocycles. The minimum absolute atomic E-state index is 0.197. The zero-order chi connectivity index (χ0) is 28.7. The number of aliphatic hydroxyl groups excluding tert-OH is 1. The van der Waals surface area contributed by atoms with Crippen molar-refractivity contribution in [3.05, 3.63) is 71.8 Å². The maximum absolute atomic E-state index is 13.7. The lowest BCUT2D eigenvalue weighted by Crippen LogP contribution is -2.62. The van der Waals surface area contributed by atoms with Crippen LogP contribution in [0.25, 0.3) is 0 Å². The summed E-state index contributed by atoms with van der Waals surface area (Å²) in [5, 5.41) is 17.6. The summed E-state index contributed by atoms with van der Waals surface area (Å²) in [4.78, 5) is 39.7. The number of carbonyl (C=O) groups excluding carboxylic acids is 3. The molecule has 39 heavy (non-hydrogen) atoms. The molecule has 3 amide bonds. The molecule has 4 N–H and O–H groups in total. The minimum atomic E-state index is -1.25. The van der Waals surface area contributed by atoms with E-state index in [1.54, 1.807) is 27.7 Å². The highest BCUT2D eigenvalue weighted by Crippen LogP contribution is 2.16. The zero-order valence-corrected chi connectivity index (χ0v) is 23.8. The van der Waals surface area contributed by atoms with Gasteiger partial charge in [0.15, 0.2) is 0 Å². The molecule has 0 radical (unpaired) electrons. The summed E-state index contributed by atoms with van der Waals surface area (Å²) in [5.74, 6) is -0.756. The number of rotatable bonds is 15. The summed E-state index contributed by atoms with van der Waals surface area (Å²) >= 11 is 0. The summed E-state index contributed by atoms with van der Waals surface area (Å²) in [7, 11) is 0. The van der Waals surface area contributed by atoms with E-state index in [0.717, 1.165) is 43.2 Å². The number of hydrogen-bond acceptors (Lipinski definition) is 5. The van der Waals surface area contributed by atoms with Gasteiger partial charge in [0.05, 0.1) is 0 Å². The fourth-order valence-corrected chi connectivity index (χ4v) is 4.22. The number of unbranched alkanes of at least 4 members (excludes halogenated alkanes) is 4. The highest BCUT2D eigenvalue weighted by Gasteiger charge is 2.37. The molecule has 0 aliphatic rings. The molecular weight excluding hydrogens is 494 g/mol. The molecule has 2 aromatic carbocycles. The average Bonchev–Trinajstić information content (AvgIpc) is 2.87. The van der Waals surface area contributed by atoms with Gasteiger partial charge < -0.3 is 25.8 Å². The SMILES string of the molecule is CC(C)(C)OC(=O)N[C@@H](Cc1ccccc1)C(=O)NC(C)(Cc1ccccc1)C(=O)NCCCCCCCO. The van der Waals surface area contributed by atoms with Crippen LogP contribution in [-0.4, -0.2) is 53.3 Å². The molecule has 8 nitrogen and oxygen atoms in total. The van der Waals surface area contributed by atoms with Crippen LogP contribution in [0.2, 0.25) is 0 Å². The fraction of sp³-hybridized carbons (Fsp3) is 0.516. The molecule has 0 spiro atoms. The third-order valence-corrected chi connectivity index (χ3v) is 6.21. The quantitative estimate of drug-likeness (QED) is 0.252. The number of alkyl carbamates (subject to hydrolysis) is 1. The lowest BCUT2D eigenvalue weighted by molar-refractivity contribution is -0.133. The molecule has 0 heterocycles. The van der Waals surface area contributed by atoms with Crippen LogP contribution in [0.15, 0.2) is 60.7 Å². The van der Waals surface area contributed by atoms with E-state index in [9.17, 15) is 14.4 Å². The van der Waals surface area contributed by atoms with Crippen LogP contribution in [0.5, 0.6) is 0 Å². The van der Waals surface area contributed by atoms with Crippen molar-refractivity contribution in [1.82, 2.24) is 16.0 Å². The van der Waals surface area contributed by atoms with E-state index < -0.39 is 29.2 Å². The van der Waals surface area contributed by atoms with Gasteiger partial charge in [-0.25, -0.2) is 4.79 Å². The summed E-state index contributed by atoms with van der Waals surface area (Å²) in [6.45, 7) is 7.66. The lowest BCUT2D eigenvalue weighted by Gasteiger charge is -2.32. The van der Waals surface area contributed by atoms with Crippen LogP contribution in [-0.2, 0) is 27.2 Å². The van der Waals surface area contributed by atoms with Crippen molar-refractivity contribution >= 4 is 17.9 Å². The summed E-state index contributed by atoms with van der Waals surface area (Å²) in [6.07, 6.45) is 4.31. The van der Waals surface area contributed by atoms with E-state index in [1.807, 2.05) is 60.7 Å². The molecule has 0 aliphatic carbocycles. The first kappa shape index (κ1) is 31.8. The van der Waals surface area contributed by atoms with Crippen LogP contribution in [0, 0.1) is 0 Å². The Morgan fingerprint density at radius 3 is 1.97 bits per heavy atom. The van der Waals surface area contributed by atoms with Crippen LogP contribution in [0.1, 0.15) is 70.9 Å². The van der Waals surface area contributed by atoms with Crippen molar-refractivity contribution in [2.24, 2.45) is 0 Å². The lowest BCUT2D eigenvalue weighted by atomic mass is 9.90. The van der Waals surface area contributed by atoms with Gasteiger partial charge in [0.25, 0.3) is 0 Å². The van der Waals surface area contributed by atoms with Crippen molar-refractivity contribution in [2.45, 2.75) is 89.8 Å². The van der Waals surface area contributed by atoms with Crippen molar-refractivity contribution in [3.8, 4) is 0 Å². The third kappa shape index (κ3) is 12.3. The number of amides is 3. The van der Waals surface area contributed by atoms with Gasteiger partial charge in [0, 0.05) is 26.0 Å². The van der Waals surface area contributed by atoms with E-state index in [1.165, 1.54) is 0 Å². The Morgan fingerprint density at radius 2 is 1.38 bits per heavy atom. The molecule has 2 aromatic rings. The molecule has 1 unspecified atom stereocenters. The van der Waals surface area contributed by atoms with Crippen molar-refractivity contribution in [2.75, 3.05) is 13.2 Å². The molecule has 0 bridgehead atoms. The van der Waals surface area contributed by atoms with Crippen LogP contribution < -0.4 is 16.0 Å². The molecule has 0 aliphatic heterocycles. The Bertz CT molecular complexity index is 1020. The first-order chi connectivity index (χ1) is 18.5. The first-order valence-corrected chi connectivity index (χ1v) is 13.8. The Morgan fingerprint density at radius 1 is 0.821 bits per heavy atom. The summed E-state index contributed by atoms with van der Waals surface area (Å²) in [5.41, 5.74) is -0.208. The zero-order valence-electron chi connectivity index (χ0n) is 23.8. The predicted molar refractivity (Wildman–Crippen MR) is 153 cm³/mol. The molecule has 2 atom stereocenters.